The Morgan fingerprint density at radius 3 is 2.71 bits per heavy atom. The highest BCUT2D eigenvalue weighted by Crippen LogP contribution is 2.44. The molecule has 0 radical (unpaired) electrons. The fourth-order valence-corrected chi connectivity index (χ4v) is 4.61. The van der Waals surface area contributed by atoms with E-state index in [4.69, 9.17) is 4.74 Å². The van der Waals surface area contributed by atoms with Gasteiger partial charge in [0.15, 0.2) is 0 Å². The van der Waals surface area contributed by atoms with E-state index in [0.717, 1.165) is 37.2 Å². The lowest BCUT2D eigenvalue weighted by molar-refractivity contribution is -0.111. The lowest BCUT2D eigenvalue weighted by Gasteiger charge is -2.24. The fraction of sp³-hybridized carbons (Fsp3) is 0.320. The van der Waals surface area contributed by atoms with Crippen LogP contribution < -0.4 is 5.32 Å². The van der Waals surface area contributed by atoms with E-state index in [9.17, 15) is 14.3 Å². The number of carbonyl (C=O) groups is 1. The number of nitrogens with one attached hydrogen (secondary N) is 1. The van der Waals surface area contributed by atoms with Crippen molar-refractivity contribution < 1.29 is 19.0 Å². The first-order valence-corrected chi connectivity index (χ1v) is 10.6. The normalized spacial score (nSPS) is 24.7. The number of rotatable bonds is 3. The second-order valence-electron chi connectivity index (χ2n) is 8.93. The third-order valence-corrected chi connectivity index (χ3v) is 6.18. The van der Waals surface area contributed by atoms with E-state index in [2.05, 4.69) is 34.5 Å². The SMILES string of the molecule is CC1(C)OC(=C2C(=O)Nc3ccc(F)cc32)C=C1c1ccc(CN2CC[C@@H](O)C2)cc1. The highest BCUT2D eigenvalue weighted by Gasteiger charge is 2.38. The van der Waals surface area contributed by atoms with Crippen LogP contribution >= 0.6 is 0 Å². The third kappa shape index (κ3) is 3.66. The highest BCUT2D eigenvalue weighted by atomic mass is 19.1. The number of hydrogen-bond acceptors (Lipinski definition) is 4. The standard InChI is InChI=1S/C25H25FN2O3/c1-25(2)20(16-5-3-15(4-6-16)13-28-10-9-18(29)14-28)12-22(31-25)23-19-11-17(26)7-8-21(19)27-24(23)30/h3-8,11-12,18,29H,9-10,13-14H2,1-2H3,(H,27,30)/t18-/m1/s1. The summed E-state index contributed by atoms with van der Waals surface area (Å²) in [6.45, 7) is 6.37. The number of allylic oxidation sites excluding steroid dienone is 1. The number of aliphatic hydroxyl groups excluding tert-OH is 1. The summed E-state index contributed by atoms with van der Waals surface area (Å²) in [5.41, 5.74) is 4.03. The summed E-state index contributed by atoms with van der Waals surface area (Å²) in [5, 5.41) is 12.5. The molecule has 31 heavy (non-hydrogen) atoms. The van der Waals surface area contributed by atoms with Gasteiger partial charge in [0.2, 0.25) is 0 Å². The Morgan fingerprint density at radius 1 is 1.23 bits per heavy atom. The number of nitrogens with zero attached hydrogens (tertiary/aromatic N) is 1. The molecule has 0 aromatic heterocycles. The summed E-state index contributed by atoms with van der Waals surface area (Å²) in [7, 11) is 0. The maximum Gasteiger partial charge on any atom is 0.260 e. The Balaban J connectivity index is 1.46. The first-order valence-electron chi connectivity index (χ1n) is 10.6. The van der Waals surface area contributed by atoms with Crippen LogP contribution in [0.4, 0.5) is 10.1 Å². The zero-order valence-electron chi connectivity index (χ0n) is 17.6. The van der Waals surface area contributed by atoms with Crippen LogP contribution in [0.2, 0.25) is 0 Å². The van der Waals surface area contributed by atoms with Crippen molar-refractivity contribution in [2.24, 2.45) is 0 Å². The minimum atomic E-state index is -0.626. The molecule has 3 aliphatic heterocycles. The van der Waals surface area contributed by atoms with Gasteiger partial charge in [-0.05, 0) is 55.7 Å². The van der Waals surface area contributed by atoms with Gasteiger partial charge in [-0.25, -0.2) is 4.39 Å². The van der Waals surface area contributed by atoms with E-state index in [-0.39, 0.29) is 12.0 Å². The molecule has 5 rings (SSSR count). The summed E-state index contributed by atoms with van der Waals surface area (Å²) in [5.74, 6) is -0.222. The van der Waals surface area contributed by atoms with Gasteiger partial charge in [0.25, 0.3) is 5.91 Å². The largest absolute Gasteiger partial charge is 0.482 e. The molecule has 2 aromatic rings. The van der Waals surface area contributed by atoms with Gasteiger partial charge in [-0.2, -0.15) is 0 Å². The summed E-state index contributed by atoms with van der Waals surface area (Å²) < 4.78 is 20.0. The van der Waals surface area contributed by atoms with Crippen molar-refractivity contribution in [2.75, 3.05) is 18.4 Å². The number of benzene rings is 2. The number of amides is 1. The van der Waals surface area contributed by atoms with Gasteiger partial charge < -0.3 is 15.2 Å². The van der Waals surface area contributed by atoms with Crippen molar-refractivity contribution in [1.29, 1.82) is 0 Å². The number of aliphatic hydroxyl groups is 1. The van der Waals surface area contributed by atoms with E-state index in [1.54, 1.807) is 6.07 Å². The van der Waals surface area contributed by atoms with E-state index < -0.39 is 11.4 Å². The van der Waals surface area contributed by atoms with Crippen molar-refractivity contribution in [3.05, 3.63) is 76.8 Å². The van der Waals surface area contributed by atoms with Gasteiger partial charge in [0.05, 0.1) is 11.7 Å². The highest BCUT2D eigenvalue weighted by molar-refractivity contribution is 6.32. The van der Waals surface area contributed by atoms with Gasteiger partial charge in [0, 0.05) is 36.5 Å². The first-order chi connectivity index (χ1) is 14.8. The maximum absolute atomic E-state index is 13.8. The van der Waals surface area contributed by atoms with E-state index in [1.165, 1.54) is 17.7 Å². The lowest BCUT2D eigenvalue weighted by Crippen LogP contribution is -2.22. The van der Waals surface area contributed by atoms with Crippen LogP contribution in [-0.2, 0) is 16.1 Å². The van der Waals surface area contributed by atoms with Crippen LogP contribution in [0, 0.1) is 5.82 Å². The molecule has 1 amide bonds. The van der Waals surface area contributed by atoms with E-state index >= 15 is 0 Å². The van der Waals surface area contributed by atoms with Crippen molar-refractivity contribution >= 4 is 22.7 Å². The summed E-state index contributed by atoms with van der Waals surface area (Å²) in [6.07, 6.45) is 2.49. The van der Waals surface area contributed by atoms with Gasteiger partial charge in [0.1, 0.15) is 17.2 Å². The molecule has 1 atom stereocenters. The first kappa shape index (κ1) is 20.0. The summed E-state index contributed by atoms with van der Waals surface area (Å²) in [4.78, 5) is 14.8. The Labute approximate surface area is 180 Å². The number of carbonyl (C=O) groups excluding carboxylic acids is 1. The van der Waals surface area contributed by atoms with Crippen molar-refractivity contribution in [3.8, 4) is 0 Å². The predicted octanol–water partition coefficient (Wildman–Crippen LogP) is 3.95. The van der Waals surface area contributed by atoms with Gasteiger partial charge >= 0.3 is 0 Å². The second-order valence-corrected chi connectivity index (χ2v) is 8.93. The van der Waals surface area contributed by atoms with Gasteiger partial charge in [-0.3, -0.25) is 9.69 Å². The average molecular weight is 420 g/mol. The smallest absolute Gasteiger partial charge is 0.260 e. The third-order valence-electron chi connectivity index (χ3n) is 6.18. The van der Waals surface area contributed by atoms with Crippen LogP contribution in [0.15, 0.2) is 54.3 Å². The molecule has 0 saturated carbocycles. The maximum atomic E-state index is 13.8. The molecular formula is C25H25FN2O3. The molecule has 0 spiro atoms. The lowest BCUT2D eigenvalue weighted by atomic mass is 9.91. The summed E-state index contributed by atoms with van der Waals surface area (Å²) >= 11 is 0. The quantitative estimate of drug-likeness (QED) is 0.739. The number of β-amino-alcohol motifs (C(OH)–C–C–N with tert-alkyl or cyclic N) is 1. The molecule has 0 bridgehead atoms. The Morgan fingerprint density at radius 2 is 2.00 bits per heavy atom. The molecule has 3 aliphatic rings. The van der Waals surface area contributed by atoms with Crippen LogP contribution in [-0.4, -0.2) is 40.7 Å². The Kier molecular flexibility index (Phi) is 4.72. The van der Waals surface area contributed by atoms with Gasteiger partial charge in [-0.1, -0.05) is 24.3 Å². The van der Waals surface area contributed by atoms with Crippen LogP contribution in [0.1, 0.15) is 37.0 Å². The number of likely N-dealkylation sites (tertiary alicyclic amines) is 1. The average Bonchev–Trinajstić information content (AvgIpc) is 3.36. The van der Waals surface area contributed by atoms with E-state index in [0.29, 0.717) is 22.6 Å². The monoisotopic (exact) mass is 420 g/mol. The topological polar surface area (TPSA) is 61.8 Å². The number of fused-ring (bicyclic) bond motifs is 1. The number of hydrogen-bond donors (Lipinski definition) is 2. The number of halogens is 1. The van der Waals surface area contributed by atoms with Crippen molar-refractivity contribution in [2.45, 2.75) is 38.5 Å². The Hall–Kier alpha value is -2.96. The fourth-order valence-electron chi connectivity index (χ4n) is 4.61. The summed E-state index contributed by atoms with van der Waals surface area (Å²) in [6, 6.07) is 12.6. The molecule has 5 nitrogen and oxygen atoms in total. The second kappa shape index (κ2) is 7.32. The van der Waals surface area contributed by atoms with Gasteiger partial charge in [-0.15, -0.1) is 0 Å². The molecule has 6 heteroatoms. The molecule has 1 saturated heterocycles. The predicted molar refractivity (Wildman–Crippen MR) is 117 cm³/mol. The zero-order valence-corrected chi connectivity index (χ0v) is 17.6. The zero-order chi connectivity index (χ0) is 21.8. The molecule has 1 fully saturated rings. The molecular weight excluding hydrogens is 395 g/mol. The number of anilines is 1. The van der Waals surface area contributed by atoms with Crippen LogP contribution in [0.3, 0.4) is 0 Å². The van der Waals surface area contributed by atoms with Crippen LogP contribution in [0.25, 0.3) is 11.1 Å². The molecule has 0 aliphatic carbocycles. The van der Waals surface area contributed by atoms with E-state index in [1.807, 2.05) is 19.9 Å². The van der Waals surface area contributed by atoms with Crippen LogP contribution in [0.5, 0.6) is 0 Å². The van der Waals surface area contributed by atoms with Crippen molar-refractivity contribution in [3.63, 3.8) is 0 Å². The molecule has 3 heterocycles. The molecule has 160 valence electrons. The molecule has 2 N–H and O–H groups in total. The minimum absolute atomic E-state index is 0.223. The molecule has 0 unspecified atom stereocenters. The van der Waals surface area contributed by atoms with Crippen molar-refractivity contribution in [1.82, 2.24) is 4.90 Å². The minimum Gasteiger partial charge on any atom is -0.482 e. The Bertz CT molecular complexity index is 1120. The molecule has 2 aromatic carbocycles. The number of ether oxygens (including phenoxy) is 1.